The molecule has 1 atom stereocenters. The predicted octanol–water partition coefficient (Wildman–Crippen LogP) is 3.96. The predicted molar refractivity (Wildman–Crippen MR) is 102 cm³/mol. The van der Waals surface area contributed by atoms with Gasteiger partial charge in [0, 0.05) is 23.7 Å². The molecule has 27 heavy (non-hydrogen) atoms. The Hall–Kier alpha value is -2.22. The molecule has 8 heteroatoms. The number of benzene rings is 2. The third-order valence-corrected chi connectivity index (χ3v) is 6.79. The van der Waals surface area contributed by atoms with Crippen molar-refractivity contribution in [1.29, 1.82) is 0 Å². The summed E-state index contributed by atoms with van der Waals surface area (Å²) in [5, 5.41) is 4.55. The summed E-state index contributed by atoms with van der Waals surface area (Å²) in [7, 11) is -3.58. The van der Waals surface area contributed by atoms with E-state index >= 15 is 0 Å². The van der Waals surface area contributed by atoms with Crippen molar-refractivity contribution in [1.82, 2.24) is 14.4 Å². The molecule has 1 aromatic heterocycles. The van der Waals surface area contributed by atoms with E-state index in [1.807, 2.05) is 30.3 Å². The van der Waals surface area contributed by atoms with Crippen LogP contribution in [0.1, 0.15) is 24.7 Å². The van der Waals surface area contributed by atoms with Crippen molar-refractivity contribution < 1.29 is 12.9 Å². The van der Waals surface area contributed by atoms with Crippen LogP contribution in [0.4, 0.5) is 0 Å². The lowest BCUT2D eigenvalue weighted by atomic mass is 10.00. The fraction of sp³-hybridized carbons (Fsp3) is 0.263. The van der Waals surface area contributed by atoms with E-state index in [1.165, 1.54) is 16.4 Å². The molecular formula is C19H18ClN3O3S. The molecule has 0 unspecified atom stereocenters. The zero-order valence-electron chi connectivity index (χ0n) is 14.5. The molecule has 6 nitrogen and oxygen atoms in total. The van der Waals surface area contributed by atoms with Gasteiger partial charge in [-0.2, -0.15) is 9.29 Å². The highest BCUT2D eigenvalue weighted by molar-refractivity contribution is 7.89. The Balaban J connectivity index is 1.55. The van der Waals surface area contributed by atoms with Crippen LogP contribution in [0, 0.1) is 0 Å². The lowest BCUT2D eigenvalue weighted by molar-refractivity contribution is 0.265. The van der Waals surface area contributed by atoms with E-state index in [4.69, 9.17) is 16.1 Å². The number of hydrogen-bond donors (Lipinski definition) is 0. The summed E-state index contributed by atoms with van der Waals surface area (Å²) < 4.78 is 32.8. The van der Waals surface area contributed by atoms with Gasteiger partial charge < -0.3 is 4.52 Å². The van der Waals surface area contributed by atoms with E-state index in [9.17, 15) is 8.42 Å². The number of sulfonamides is 1. The number of hydrogen-bond acceptors (Lipinski definition) is 5. The van der Waals surface area contributed by atoms with Crippen LogP contribution in [-0.2, 0) is 10.0 Å². The maximum absolute atomic E-state index is 12.9. The van der Waals surface area contributed by atoms with Crippen molar-refractivity contribution in [2.24, 2.45) is 0 Å². The molecule has 1 aliphatic rings. The summed E-state index contributed by atoms with van der Waals surface area (Å²) in [6.07, 6.45) is 1.55. The first-order chi connectivity index (χ1) is 13.0. The Morgan fingerprint density at radius 3 is 2.56 bits per heavy atom. The van der Waals surface area contributed by atoms with Crippen LogP contribution >= 0.6 is 11.6 Å². The lowest BCUT2D eigenvalue weighted by Gasteiger charge is -2.30. The van der Waals surface area contributed by atoms with Gasteiger partial charge >= 0.3 is 0 Å². The first kappa shape index (κ1) is 18.2. The van der Waals surface area contributed by atoms with Gasteiger partial charge in [0.15, 0.2) is 0 Å². The third-order valence-electron chi connectivity index (χ3n) is 4.66. The monoisotopic (exact) mass is 403 g/mol. The molecule has 2 heterocycles. The molecule has 140 valence electrons. The lowest BCUT2D eigenvalue weighted by Crippen LogP contribution is -2.39. The van der Waals surface area contributed by atoms with Crippen LogP contribution in [0.5, 0.6) is 0 Å². The van der Waals surface area contributed by atoms with Crippen molar-refractivity contribution in [3.05, 3.63) is 65.5 Å². The topological polar surface area (TPSA) is 76.3 Å². The first-order valence-electron chi connectivity index (χ1n) is 8.69. The summed E-state index contributed by atoms with van der Waals surface area (Å²) in [6, 6.07) is 15.8. The number of halogens is 1. The fourth-order valence-electron chi connectivity index (χ4n) is 3.22. The summed E-state index contributed by atoms with van der Waals surface area (Å²) in [5.41, 5.74) is 0.869. The minimum Gasteiger partial charge on any atom is -0.339 e. The minimum absolute atomic E-state index is 0.120. The summed E-state index contributed by atoms with van der Waals surface area (Å²) in [4.78, 5) is 4.73. The maximum Gasteiger partial charge on any atom is 0.243 e. The molecule has 4 rings (SSSR count). The molecule has 0 radical (unpaired) electrons. The normalized spacial score (nSPS) is 18.5. The van der Waals surface area contributed by atoms with Gasteiger partial charge in [-0.3, -0.25) is 0 Å². The number of aromatic nitrogens is 2. The summed E-state index contributed by atoms with van der Waals surface area (Å²) in [5.74, 6) is 0.874. The van der Waals surface area contributed by atoms with E-state index < -0.39 is 10.0 Å². The Morgan fingerprint density at radius 2 is 1.81 bits per heavy atom. The van der Waals surface area contributed by atoms with E-state index in [1.54, 1.807) is 12.1 Å². The van der Waals surface area contributed by atoms with E-state index in [2.05, 4.69) is 10.1 Å². The zero-order valence-corrected chi connectivity index (χ0v) is 16.0. The molecule has 1 aliphatic heterocycles. The summed E-state index contributed by atoms with van der Waals surface area (Å²) in [6.45, 7) is 0.794. The van der Waals surface area contributed by atoms with Gasteiger partial charge in [-0.05, 0) is 37.1 Å². The molecule has 1 fully saturated rings. The Kier molecular flexibility index (Phi) is 4.99. The smallest absolute Gasteiger partial charge is 0.243 e. The molecule has 0 aliphatic carbocycles. The average Bonchev–Trinajstić information content (AvgIpc) is 3.19. The minimum atomic E-state index is -3.58. The van der Waals surface area contributed by atoms with Crippen LogP contribution in [0.2, 0.25) is 5.02 Å². The van der Waals surface area contributed by atoms with E-state index in [-0.39, 0.29) is 10.8 Å². The van der Waals surface area contributed by atoms with Crippen molar-refractivity contribution in [2.45, 2.75) is 23.7 Å². The van der Waals surface area contributed by atoms with Gasteiger partial charge in [0.1, 0.15) is 0 Å². The number of nitrogens with zero attached hydrogens (tertiary/aromatic N) is 3. The quantitative estimate of drug-likeness (QED) is 0.659. The molecule has 1 saturated heterocycles. The van der Waals surface area contributed by atoms with Crippen molar-refractivity contribution in [2.75, 3.05) is 13.1 Å². The van der Waals surface area contributed by atoms with Crippen LogP contribution < -0.4 is 0 Å². The van der Waals surface area contributed by atoms with Crippen LogP contribution in [0.25, 0.3) is 11.4 Å². The third kappa shape index (κ3) is 3.76. The Bertz CT molecular complexity index is 1020. The fourth-order valence-corrected chi connectivity index (χ4v) is 4.87. The SMILES string of the molecule is O=S(=O)(c1ccc(Cl)cc1)N1CCC[C@H](c2nc(-c3ccccc3)no2)C1. The average molecular weight is 404 g/mol. The highest BCUT2D eigenvalue weighted by Gasteiger charge is 2.33. The second-order valence-corrected chi connectivity index (χ2v) is 8.85. The molecule has 0 bridgehead atoms. The largest absolute Gasteiger partial charge is 0.339 e. The van der Waals surface area contributed by atoms with Crippen molar-refractivity contribution in [3.8, 4) is 11.4 Å². The Labute approximate surface area is 162 Å². The maximum atomic E-state index is 12.9. The van der Waals surface area contributed by atoms with Crippen LogP contribution in [0.3, 0.4) is 0 Å². The highest BCUT2D eigenvalue weighted by atomic mass is 35.5. The van der Waals surface area contributed by atoms with Crippen LogP contribution in [0.15, 0.2) is 64.0 Å². The zero-order chi connectivity index (χ0) is 18.9. The van der Waals surface area contributed by atoms with E-state index in [0.717, 1.165) is 18.4 Å². The molecule has 0 saturated carbocycles. The second-order valence-electron chi connectivity index (χ2n) is 6.48. The first-order valence-corrected chi connectivity index (χ1v) is 10.5. The molecule has 0 N–H and O–H groups in total. The summed E-state index contributed by atoms with van der Waals surface area (Å²) >= 11 is 5.87. The van der Waals surface area contributed by atoms with Crippen LogP contribution in [-0.4, -0.2) is 36.0 Å². The molecule has 3 aromatic rings. The van der Waals surface area contributed by atoms with Gasteiger partial charge in [-0.25, -0.2) is 8.42 Å². The standard InChI is InChI=1S/C19H18ClN3O3S/c20-16-8-10-17(11-9-16)27(24,25)23-12-4-7-15(13-23)19-21-18(22-26-19)14-5-2-1-3-6-14/h1-3,5-6,8-11,15H,4,7,12-13H2/t15-/m0/s1. The van der Waals surface area contributed by atoms with Crippen molar-refractivity contribution in [3.63, 3.8) is 0 Å². The van der Waals surface area contributed by atoms with Gasteiger partial charge in [0.25, 0.3) is 0 Å². The van der Waals surface area contributed by atoms with Crippen molar-refractivity contribution >= 4 is 21.6 Å². The highest BCUT2D eigenvalue weighted by Crippen LogP contribution is 2.30. The van der Waals surface area contributed by atoms with Gasteiger partial charge in [0.2, 0.25) is 21.7 Å². The molecule has 2 aromatic carbocycles. The van der Waals surface area contributed by atoms with E-state index in [0.29, 0.717) is 29.8 Å². The Morgan fingerprint density at radius 1 is 1.07 bits per heavy atom. The molecule has 0 amide bonds. The molecule has 0 spiro atoms. The number of piperidine rings is 1. The van der Waals surface area contributed by atoms with Gasteiger partial charge in [0.05, 0.1) is 10.8 Å². The van der Waals surface area contributed by atoms with Gasteiger partial charge in [-0.1, -0.05) is 47.1 Å². The number of rotatable bonds is 4. The molecular weight excluding hydrogens is 386 g/mol. The van der Waals surface area contributed by atoms with Gasteiger partial charge in [-0.15, -0.1) is 0 Å². The second kappa shape index (κ2) is 7.42.